The van der Waals surface area contributed by atoms with Gasteiger partial charge in [0, 0.05) is 34.7 Å². The number of para-hydroxylation sites is 2. The third-order valence-electron chi connectivity index (χ3n) is 4.95. The van der Waals surface area contributed by atoms with E-state index in [1.54, 1.807) is 24.0 Å². The smallest absolute Gasteiger partial charge is 0.223 e. The van der Waals surface area contributed by atoms with Crippen LogP contribution in [0.4, 0.5) is 11.6 Å². The van der Waals surface area contributed by atoms with Crippen molar-refractivity contribution in [3.63, 3.8) is 0 Å². The van der Waals surface area contributed by atoms with Gasteiger partial charge in [0.05, 0.1) is 16.4 Å². The standard InChI is InChI=1S/C23H18N6S/c24-13-17(22-28-20-7-3-4-8-21(20)30-22)19-10-12-26-23(29-19)25-11-9-15-14-27-18-6-2-1-5-16(15)18/h1-8,10,12,14,27-28H,9,11H2,(H,25,26,29)/b22-17+. The van der Waals surface area contributed by atoms with Gasteiger partial charge in [-0.15, -0.1) is 0 Å². The number of hydrogen-bond donors (Lipinski definition) is 3. The molecule has 4 aromatic rings. The lowest BCUT2D eigenvalue weighted by atomic mass is 10.1. The van der Waals surface area contributed by atoms with Crippen LogP contribution in [0.25, 0.3) is 16.5 Å². The molecular formula is C23H18N6S. The monoisotopic (exact) mass is 410 g/mol. The Morgan fingerprint density at radius 2 is 1.97 bits per heavy atom. The number of anilines is 2. The minimum absolute atomic E-state index is 0.512. The maximum Gasteiger partial charge on any atom is 0.223 e. The predicted octanol–water partition coefficient (Wildman–Crippen LogP) is 5.02. The molecule has 6 nitrogen and oxygen atoms in total. The molecule has 0 fully saturated rings. The molecule has 30 heavy (non-hydrogen) atoms. The second kappa shape index (κ2) is 7.93. The van der Waals surface area contributed by atoms with Crippen LogP contribution in [0.5, 0.6) is 0 Å². The van der Waals surface area contributed by atoms with Gasteiger partial charge in [0.2, 0.25) is 5.95 Å². The molecule has 0 bridgehead atoms. The van der Waals surface area contributed by atoms with Crippen LogP contribution in [0.15, 0.2) is 76.9 Å². The number of benzene rings is 2. The topological polar surface area (TPSA) is 89.4 Å². The molecule has 2 aromatic carbocycles. The molecule has 5 rings (SSSR count). The highest BCUT2D eigenvalue weighted by molar-refractivity contribution is 8.04. The lowest BCUT2D eigenvalue weighted by Crippen LogP contribution is -2.09. The first-order chi connectivity index (χ1) is 14.8. The summed E-state index contributed by atoms with van der Waals surface area (Å²) in [7, 11) is 0. The Labute approximate surface area is 178 Å². The van der Waals surface area contributed by atoms with Crippen LogP contribution in [0.3, 0.4) is 0 Å². The maximum atomic E-state index is 9.77. The van der Waals surface area contributed by atoms with E-state index in [-0.39, 0.29) is 0 Å². The van der Waals surface area contributed by atoms with Crippen LogP contribution in [0, 0.1) is 11.3 Å². The fourth-order valence-electron chi connectivity index (χ4n) is 3.49. The first kappa shape index (κ1) is 18.3. The molecule has 3 N–H and O–H groups in total. The Bertz CT molecular complexity index is 1270. The Kier molecular flexibility index (Phi) is 4.83. The van der Waals surface area contributed by atoms with Crippen LogP contribution in [-0.4, -0.2) is 21.5 Å². The van der Waals surface area contributed by atoms with Gasteiger partial charge in [0.1, 0.15) is 11.6 Å². The van der Waals surface area contributed by atoms with Gasteiger partial charge in [-0.1, -0.05) is 42.1 Å². The third-order valence-corrected chi connectivity index (χ3v) is 6.04. The minimum Gasteiger partial charge on any atom is -0.361 e. The fraction of sp³-hybridized carbons (Fsp3) is 0.0870. The summed E-state index contributed by atoms with van der Waals surface area (Å²) in [5, 5.41) is 18.4. The Hall–Kier alpha value is -3.76. The van der Waals surface area contributed by atoms with Crippen LogP contribution in [0.1, 0.15) is 11.3 Å². The van der Waals surface area contributed by atoms with E-state index in [0.717, 1.165) is 27.5 Å². The normalized spacial score (nSPS) is 14.1. The Morgan fingerprint density at radius 3 is 2.87 bits per heavy atom. The summed E-state index contributed by atoms with van der Waals surface area (Å²) in [4.78, 5) is 13.3. The molecule has 1 aliphatic rings. The van der Waals surface area contributed by atoms with Crippen LogP contribution < -0.4 is 10.6 Å². The van der Waals surface area contributed by atoms with Crippen molar-refractivity contribution < 1.29 is 0 Å². The number of H-pyrrole nitrogens is 1. The first-order valence-electron chi connectivity index (χ1n) is 9.62. The summed E-state index contributed by atoms with van der Waals surface area (Å²) in [5.74, 6) is 0.515. The number of hydrogen-bond acceptors (Lipinski definition) is 6. The second-order valence-corrected chi connectivity index (χ2v) is 7.89. The lowest BCUT2D eigenvalue weighted by molar-refractivity contribution is 0.987. The van der Waals surface area contributed by atoms with E-state index < -0.39 is 0 Å². The van der Waals surface area contributed by atoms with E-state index in [1.807, 2.05) is 42.6 Å². The van der Waals surface area contributed by atoms with Crippen molar-refractivity contribution in [2.24, 2.45) is 0 Å². The van der Waals surface area contributed by atoms with Crippen molar-refractivity contribution in [1.29, 1.82) is 5.26 Å². The molecule has 0 atom stereocenters. The number of fused-ring (bicyclic) bond motifs is 2. The van der Waals surface area contributed by atoms with Gasteiger partial charge in [-0.3, -0.25) is 0 Å². The quantitative estimate of drug-likeness (QED) is 0.400. The molecule has 146 valence electrons. The van der Waals surface area contributed by atoms with Crippen molar-refractivity contribution in [2.75, 3.05) is 17.2 Å². The van der Waals surface area contributed by atoms with Gasteiger partial charge in [-0.25, -0.2) is 9.97 Å². The fourth-order valence-corrected chi connectivity index (χ4v) is 4.49. The highest BCUT2D eigenvalue weighted by Gasteiger charge is 2.20. The van der Waals surface area contributed by atoms with Gasteiger partial charge < -0.3 is 15.6 Å². The molecule has 7 heteroatoms. The molecule has 0 aliphatic carbocycles. The van der Waals surface area contributed by atoms with Crippen molar-refractivity contribution in [3.05, 3.63) is 83.3 Å². The number of rotatable bonds is 5. The molecule has 1 aliphatic heterocycles. The number of thioether (sulfide) groups is 1. The molecule has 2 aromatic heterocycles. The van der Waals surface area contributed by atoms with Crippen molar-refractivity contribution in [3.8, 4) is 6.07 Å². The summed E-state index contributed by atoms with van der Waals surface area (Å²) in [6, 6.07) is 20.3. The van der Waals surface area contributed by atoms with Gasteiger partial charge in [-0.2, -0.15) is 5.26 Å². The van der Waals surface area contributed by atoms with Gasteiger partial charge in [0.15, 0.2) is 0 Å². The number of nitriles is 1. The van der Waals surface area contributed by atoms with E-state index in [1.165, 1.54) is 10.9 Å². The van der Waals surface area contributed by atoms with E-state index >= 15 is 0 Å². The summed E-state index contributed by atoms with van der Waals surface area (Å²) in [5.41, 5.74) is 4.51. The zero-order valence-corrected chi connectivity index (χ0v) is 16.8. The SMILES string of the molecule is N#C/C(=C1/Nc2ccccc2S1)c1ccnc(NCCc2c[nH]c3ccccc23)n1. The van der Waals surface area contributed by atoms with Gasteiger partial charge >= 0.3 is 0 Å². The average Bonchev–Trinajstić information content (AvgIpc) is 3.39. The Balaban J connectivity index is 1.32. The van der Waals surface area contributed by atoms with E-state index in [0.29, 0.717) is 23.8 Å². The van der Waals surface area contributed by atoms with E-state index in [4.69, 9.17) is 0 Å². The zero-order valence-electron chi connectivity index (χ0n) is 16.0. The number of allylic oxidation sites excluding steroid dienone is 1. The van der Waals surface area contributed by atoms with Crippen molar-refractivity contribution in [2.45, 2.75) is 11.3 Å². The van der Waals surface area contributed by atoms with Gasteiger partial charge in [0.25, 0.3) is 0 Å². The zero-order chi connectivity index (χ0) is 20.3. The van der Waals surface area contributed by atoms with Crippen LogP contribution in [0.2, 0.25) is 0 Å². The molecule has 0 saturated carbocycles. The minimum atomic E-state index is 0.512. The highest BCUT2D eigenvalue weighted by atomic mass is 32.2. The molecule has 3 heterocycles. The molecule has 0 saturated heterocycles. The molecule has 0 amide bonds. The maximum absolute atomic E-state index is 9.77. The number of aromatic nitrogens is 3. The average molecular weight is 411 g/mol. The van der Waals surface area contributed by atoms with Gasteiger partial charge in [-0.05, 0) is 36.2 Å². The van der Waals surface area contributed by atoms with Crippen molar-refractivity contribution in [1.82, 2.24) is 15.0 Å². The first-order valence-corrected chi connectivity index (χ1v) is 10.4. The Morgan fingerprint density at radius 1 is 1.10 bits per heavy atom. The lowest BCUT2D eigenvalue weighted by Gasteiger charge is -2.07. The molecular weight excluding hydrogens is 392 g/mol. The number of aromatic amines is 1. The summed E-state index contributed by atoms with van der Waals surface area (Å²) < 4.78 is 0. The summed E-state index contributed by atoms with van der Waals surface area (Å²) in [6.45, 7) is 0.697. The second-order valence-electron chi connectivity index (χ2n) is 6.84. The molecule has 0 spiro atoms. The third kappa shape index (κ3) is 3.49. The van der Waals surface area contributed by atoms with Crippen LogP contribution in [-0.2, 0) is 6.42 Å². The van der Waals surface area contributed by atoms with Crippen molar-refractivity contribution >= 4 is 39.9 Å². The largest absolute Gasteiger partial charge is 0.361 e. The number of nitrogens with one attached hydrogen (secondary N) is 3. The van der Waals surface area contributed by atoms with Crippen LogP contribution >= 0.6 is 11.8 Å². The predicted molar refractivity (Wildman–Crippen MR) is 121 cm³/mol. The molecule has 0 radical (unpaired) electrons. The van der Waals surface area contributed by atoms with E-state index in [2.05, 4.69) is 43.8 Å². The van der Waals surface area contributed by atoms with E-state index in [9.17, 15) is 5.26 Å². The summed E-state index contributed by atoms with van der Waals surface area (Å²) in [6.07, 6.45) is 4.57. The molecule has 0 unspecified atom stereocenters. The summed E-state index contributed by atoms with van der Waals surface area (Å²) >= 11 is 1.55. The number of nitrogens with zero attached hydrogens (tertiary/aromatic N) is 3. The highest BCUT2D eigenvalue weighted by Crippen LogP contribution is 2.43.